The molecule has 1 N–H and O–H groups in total. The van der Waals surface area contributed by atoms with Gasteiger partial charge in [-0.05, 0) is 28.9 Å². The summed E-state index contributed by atoms with van der Waals surface area (Å²) in [7, 11) is 2.02. The first-order chi connectivity index (χ1) is 9.30. The third-order valence-corrected chi connectivity index (χ3v) is 5.73. The lowest BCUT2D eigenvalue weighted by molar-refractivity contribution is 0.177. The number of rotatable bonds is 4. The molecule has 1 saturated heterocycles. The number of hydrogen-bond donors (Lipinski definition) is 1. The lowest BCUT2D eigenvalue weighted by Gasteiger charge is -2.35. The molecular formula is C18H30BN. The Labute approximate surface area is 125 Å². The molecule has 0 aliphatic carbocycles. The fourth-order valence-electron chi connectivity index (χ4n) is 3.68. The minimum Gasteiger partial charge on any atom is -0.388 e. The highest BCUT2D eigenvalue weighted by Crippen LogP contribution is 2.52. The van der Waals surface area contributed by atoms with Crippen molar-refractivity contribution in [2.75, 3.05) is 12.4 Å². The van der Waals surface area contributed by atoms with Crippen molar-refractivity contribution in [3.8, 4) is 0 Å². The van der Waals surface area contributed by atoms with Gasteiger partial charge in [0.2, 0.25) is 0 Å². The van der Waals surface area contributed by atoms with E-state index in [1.807, 2.05) is 7.05 Å². The van der Waals surface area contributed by atoms with Crippen LogP contribution in [0.5, 0.6) is 0 Å². The zero-order valence-corrected chi connectivity index (χ0v) is 14.1. The molecule has 2 heteroatoms. The summed E-state index contributed by atoms with van der Waals surface area (Å²) in [5, 5.41) is 3.33. The van der Waals surface area contributed by atoms with E-state index >= 15 is 0 Å². The van der Waals surface area contributed by atoms with Crippen LogP contribution in [0, 0.1) is 10.8 Å². The van der Waals surface area contributed by atoms with Crippen molar-refractivity contribution in [2.24, 2.45) is 10.8 Å². The zero-order valence-electron chi connectivity index (χ0n) is 14.1. The van der Waals surface area contributed by atoms with Crippen LogP contribution in [0.2, 0.25) is 12.6 Å². The van der Waals surface area contributed by atoms with E-state index < -0.39 is 0 Å². The Bertz CT molecular complexity index is 460. The van der Waals surface area contributed by atoms with E-state index in [9.17, 15) is 0 Å². The summed E-state index contributed by atoms with van der Waals surface area (Å²) in [5.74, 6) is 0. The van der Waals surface area contributed by atoms with Crippen LogP contribution in [-0.2, 0) is 6.42 Å². The second-order valence-electron chi connectivity index (χ2n) is 7.79. The molecule has 1 aliphatic heterocycles. The Kier molecular flexibility index (Phi) is 4.23. The highest BCUT2D eigenvalue weighted by Gasteiger charge is 2.48. The van der Waals surface area contributed by atoms with Crippen LogP contribution >= 0.6 is 0 Å². The molecule has 20 heavy (non-hydrogen) atoms. The number of anilines is 1. The van der Waals surface area contributed by atoms with Gasteiger partial charge in [0.1, 0.15) is 0 Å². The lowest BCUT2D eigenvalue weighted by atomic mass is 9.42. The quantitative estimate of drug-likeness (QED) is 0.798. The fourth-order valence-corrected chi connectivity index (χ4v) is 3.68. The maximum atomic E-state index is 3.33. The molecule has 0 atom stereocenters. The van der Waals surface area contributed by atoms with Gasteiger partial charge in [0.05, 0.1) is 0 Å². The summed E-state index contributed by atoms with van der Waals surface area (Å²) in [6.07, 6.45) is 5.00. The number of benzene rings is 1. The van der Waals surface area contributed by atoms with Gasteiger partial charge >= 0.3 is 0 Å². The predicted octanol–water partition coefficient (Wildman–Crippen LogP) is 4.45. The average molecular weight is 271 g/mol. The van der Waals surface area contributed by atoms with Gasteiger partial charge in [0, 0.05) is 12.7 Å². The summed E-state index contributed by atoms with van der Waals surface area (Å²) in [4.78, 5) is 0. The van der Waals surface area contributed by atoms with E-state index in [2.05, 4.69) is 58.1 Å². The minimum absolute atomic E-state index is 0.435. The van der Waals surface area contributed by atoms with Gasteiger partial charge in [-0.2, -0.15) is 0 Å². The molecule has 1 fully saturated rings. The fraction of sp³-hybridized carbons (Fsp3) is 0.667. The van der Waals surface area contributed by atoms with E-state index in [0.29, 0.717) is 10.8 Å². The van der Waals surface area contributed by atoms with Gasteiger partial charge in [-0.15, -0.1) is 0 Å². The van der Waals surface area contributed by atoms with Crippen molar-refractivity contribution in [3.05, 3.63) is 23.8 Å². The molecule has 0 amide bonds. The summed E-state index contributed by atoms with van der Waals surface area (Å²) in [5.41, 5.74) is 5.20. The number of hydrogen-bond acceptors (Lipinski definition) is 1. The molecular weight excluding hydrogens is 241 g/mol. The Morgan fingerprint density at radius 2 is 1.70 bits per heavy atom. The standard InChI is InChI=1S/C18H30BN/c1-7-8-14-11-15(9-10-16(14)20-6)19-12-17(2,3)18(4,5)13-19/h9-11,20H,7-8,12-13H2,1-6H3. The van der Waals surface area contributed by atoms with Crippen LogP contribution < -0.4 is 10.8 Å². The molecule has 1 aromatic rings. The van der Waals surface area contributed by atoms with Crippen LogP contribution in [0.25, 0.3) is 0 Å². The lowest BCUT2D eigenvalue weighted by Crippen LogP contribution is -2.28. The van der Waals surface area contributed by atoms with Gasteiger partial charge in [-0.25, -0.2) is 0 Å². The second-order valence-corrected chi connectivity index (χ2v) is 7.79. The SMILES string of the molecule is CCCc1cc(B2CC(C)(C)C(C)(C)C2)ccc1NC. The van der Waals surface area contributed by atoms with Crippen molar-refractivity contribution < 1.29 is 0 Å². The van der Waals surface area contributed by atoms with Crippen LogP contribution in [-0.4, -0.2) is 13.8 Å². The Morgan fingerprint density at radius 3 is 2.20 bits per heavy atom. The number of aryl methyl sites for hydroxylation is 1. The molecule has 0 spiro atoms. The van der Waals surface area contributed by atoms with Crippen LogP contribution in [0.1, 0.15) is 46.6 Å². The Balaban J connectivity index is 2.29. The first-order valence-electron chi connectivity index (χ1n) is 8.11. The van der Waals surface area contributed by atoms with Crippen molar-refractivity contribution >= 4 is 17.9 Å². The summed E-state index contributed by atoms with van der Waals surface area (Å²) in [6, 6.07) is 7.07. The molecule has 1 aliphatic rings. The van der Waals surface area contributed by atoms with Crippen molar-refractivity contribution in [2.45, 2.75) is 60.1 Å². The van der Waals surface area contributed by atoms with Gasteiger partial charge in [0.25, 0.3) is 0 Å². The molecule has 0 saturated carbocycles. The third-order valence-electron chi connectivity index (χ3n) is 5.73. The topological polar surface area (TPSA) is 12.0 Å². The van der Waals surface area contributed by atoms with Crippen molar-refractivity contribution in [1.29, 1.82) is 0 Å². The van der Waals surface area contributed by atoms with E-state index in [-0.39, 0.29) is 0 Å². The van der Waals surface area contributed by atoms with Crippen molar-refractivity contribution in [3.63, 3.8) is 0 Å². The molecule has 0 radical (unpaired) electrons. The maximum absolute atomic E-state index is 3.33. The highest BCUT2D eigenvalue weighted by atomic mass is 14.8. The predicted molar refractivity (Wildman–Crippen MR) is 92.5 cm³/mol. The van der Waals surface area contributed by atoms with E-state index in [0.717, 1.165) is 6.71 Å². The van der Waals surface area contributed by atoms with Gasteiger partial charge in [-0.3, -0.25) is 0 Å². The second kappa shape index (κ2) is 5.46. The zero-order chi connectivity index (χ0) is 15.0. The first kappa shape index (κ1) is 15.5. The number of nitrogens with one attached hydrogen (secondary N) is 1. The largest absolute Gasteiger partial charge is 0.388 e. The smallest absolute Gasteiger partial charge is 0.176 e. The van der Waals surface area contributed by atoms with Crippen LogP contribution in [0.15, 0.2) is 18.2 Å². The van der Waals surface area contributed by atoms with Gasteiger partial charge in [0.15, 0.2) is 6.71 Å². The van der Waals surface area contributed by atoms with E-state index in [1.54, 1.807) is 5.46 Å². The summed E-state index contributed by atoms with van der Waals surface area (Å²) >= 11 is 0. The molecule has 0 unspecified atom stereocenters. The molecule has 110 valence electrons. The average Bonchev–Trinajstić information content (AvgIpc) is 2.59. The Hall–Kier alpha value is -0.915. The maximum Gasteiger partial charge on any atom is 0.176 e. The molecule has 1 aromatic carbocycles. The molecule has 0 bridgehead atoms. The normalized spacial score (nSPS) is 20.2. The summed E-state index contributed by atoms with van der Waals surface area (Å²) in [6.45, 7) is 12.7. The van der Waals surface area contributed by atoms with Crippen molar-refractivity contribution in [1.82, 2.24) is 0 Å². The minimum atomic E-state index is 0.435. The van der Waals surface area contributed by atoms with E-state index in [1.165, 1.54) is 36.7 Å². The highest BCUT2D eigenvalue weighted by molar-refractivity contribution is 6.74. The third kappa shape index (κ3) is 2.75. The molecule has 0 aromatic heterocycles. The first-order valence-corrected chi connectivity index (χ1v) is 8.11. The molecule has 1 heterocycles. The van der Waals surface area contributed by atoms with Gasteiger partial charge < -0.3 is 5.32 Å². The van der Waals surface area contributed by atoms with Crippen LogP contribution in [0.4, 0.5) is 5.69 Å². The molecule has 1 nitrogen and oxygen atoms in total. The van der Waals surface area contributed by atoms with Crippen LogP contribution in [0.3, 0.4) is 0 Å². The summed E-state index contributed by atoms with van der Waals surface area (Å²) < 4.78 is 0. The monoisotopic (exact) mass is 271 g/mol. The Morgan fingerprint density at radius 1 is 1.10 bits per heavy atom. The van der Waals surface area contributed by atoms with E-state index in [4.69, 9.17) is 0 Å². The molecule has 2 rings (SSSR count). The van der Waals surface area contributed by atoms with Gasteiger partial charge in [-0.1, -0.05) is 71.3 Å².